The molecule has 1 aliphatic carbocycles. The standard InChI is InChI=1S/C20H24N4OS2/c1-3-24(11-17(25)21-10-14-5-4-8-26-14)19-18-15-7-6-13(2)9-16(15)27-20(18)23-12-22-19/h4-5,8,12-13H,3,6-7,9-11H2,1-2H3,(H,21,25)/t13-/m0/s1. The Morgan fingerprint density at radius 1 is 1.41 bits per heavy atom. The van der Waals surface area contributed by atoms with Crippen LogP contribution in [0.2, 0.25) is 0 Å². The predicted molar refractivity (Wildman–Crippen MR) is 113 cm³/mol. The summed E-state index contributed by atoms with van der Waals surface area (Å²) >= 11 is 3.45. The van der Waals surface area contributed by atoms with Crippen LogP contribution in [0.5, 0.6) is 0 Å². The first kappa shape index (κ1) is 18.4. The van der Waals surface area contributed by atoms with Gasteiger partial charge in [-0.05, 0) is 49.1 Å². The van der Waals surface area contributed by atoms with Gasteiger partial charge in [-0.2, -0.15) is 0 Å². The molecule has 0 bridgehead atoms. The summed E-state index contributed by atoms with van der Waals surface area (Å²) in [5.74, 6) is 1.66. The van der Waals surface area contributed by atoms with E-state index in [1.54, 1.807) is 29.0 Å². The third kappa shape index (κ3) is 3.84. The molecule has 5 nitrogen and oxygen atoms in total. The van der Waals surface area contributed by atoms with E-state index < -0.39 is 0 Å². The number of thiophene rings is 2. The van der Waals surface area contributed by atoms with Crippen molar-refractivity contribution in [1.82, 2.24) is 15.3 Å². The molecule has 0 aliphatic heterocycles. The number of likely N-dealkylation sites (N-methyl/N-ethyl adjacent to an activating group) is 1. The average Bonchev–Trinajstić information content (AvgIpc) is 3.31. The normalized spacial score (nSPS) is 16.3. The summed E-state index contributed by atoms with van der Waals surface area (Å²) in [7, 11) is 0. The molecule has 0 aromatic carbocycles. The summed E-state index contributed by atoms with van der Waals surface area (Å²) in [6.07, 6.45) is 5.05. The molecule has 0 saturated heterocycles. The Balaban J connectivity index is 1.57. The zero-order valence-corrected chi connectivity index (χ0v) is 17.3. The molecule has 142 valence electrons. The van der Waals surface area contributed by atoms with Crippen molar-refractivity contribution in [1.29, 1.82) is 0 Å². The molecule has 3 aromatic rings. The number of carbonyl (C=O) groups excluding carboxylic acids is 1. The highest BCUT2D eigenvalue weighted by molar-refractivity contribution is 7.19. The fraction of sp³-hybridized carbons (Fsp3) is 0.450. The Labute approximate surface area is 167 Å². The molecule has 0 unspecified atom stereocenters. The van der Waals surface area contributed by atoms with E-state index in [4.69, 9.17) is 0 Å². The van der Waals surface area contributed by atoms with Crippen molar-refractivity contribution in [3.05, 3.63) is 39.2 Å². The van der Waals surface area contributed by atoms with Gasteiger partial charge in [-0.25, -0.2) is 9.97 Å². The Kier molecular flexibility index (Phi) is 5.41. The number of hydrogen-bond acceptors (Lipinski definition) is 6. The molecule has 0 spiro atoms. The molecular weight excluding hydrogens is 376 g/mol. The number of aryl methyl sites for hydroxylation is 1. The predicted octanol–water partition coefficient (Wildman–Crippen LogP) is 4.02. The van der Waals surface area contributed by atoms with Crippen molar-refractivity contribution in [2.75, 3.05) is 18.0 Å². The maximum absolute atomic E-state index is 12.5. The van der Waals surface area contributed by atoms with E-state index in [0.29, 0.717) is 13.1 Å². The Morgan fingerprint density at radius 3 is 3.07 bits per heavy atom. The van der Waals surface area contributed by atoms with Crippen LogP contribution in [0.15, 0.2) is 23.8 Å². The van der Waals surface area contributed by atoms with Gasteiger partial charge in [0, 0.05) is 16.3 Å². The first-order valence-corrected chi connectivity index (χ1v) is 11.1. The van der Waals surface area contributed by atoms with Gasteiger partial charge in [0.15, 0.2) is 0 Å². The van der Waals surface area contributed by atoms with Crippen LogP contribution in [0.1, 0.15) is 35.6 Å². The number of carbonyl (C=O) groups is 1. The lowest BCUT2D eigenvalue weighted by Crippen LogP contribution is -2.37. The highest BCUT2D eigenvalue weighted by atomic mass is 32.1. The third-order valence-electron chi connectivity index (χ3n) is 5.13. The number of aromatic nitrogens is 2. The Hall–Kier alpha value is -1.99. The Morgan fingerprint density at radius 2 is 2.30 bits per heavy atom. The van der Waals surface area contributed by atoms with Crippen molar-refractivity contribution < 1.29 is 4.79 Å². The molecule has 0 saturated carbocycles. The van der Waals surface area contributed by atoms with E-state index in [9.17, 15) is 4.79 Å². The summed E-state index contributed by atoms with van der Waals surface area (Å²) in [6, 6.07) is 4.04. The molecule has 3 heterocycles. The van der Waals surface area contributed by atoms with Crippen LogP contribution in [0.25, 0.3) is 10.2 Å². The number of anilines is 1. The van der Waals surface area contributed by atoms with Crippen LogP contribution in [0, 0.1) is 5.92 Å². The molecule has 3 aromatic heterocycles. The van der Waals surface area contributed by atoms with Crippen molar-refractivity contribution in [3.63, 3.8) is 0 Å². The molecule has 1 amide bonds. The van der Waals surface area contributed by atoms with Gasteiger partial charge < -0.3 is 10.2 Å². The van der Waals surface area contributed by atoms with Gasteiger partial charge in [-0.15, -0.1) is 22.7 Å². The van der Waals surface area contributed by atoms with Gasteiger partial charge in [-0.1, -0.05) is 13.0 Å². The maximum Gasteiger partial charge on any atom is 0.239 e. The zero-order valence-electron chi connectivity index (χ0n) is 15.7. The largest absolute Gasteiger partial charge is 0.350 e. The van der Waals surface area contributed by atoms with Crippen molar-refractivity contribution >= 4 is 44.6 Å². The second-order valence-electron chi connectivity index (χ2n) is 7.10. The lowest BCUT2D eigenvalue weighted by atomic mass is 9.89. The molecular formula is C20H24N4OS2. The van der Waals surface area contributed by atoms with E-state index in [0.717, 1.165) is 46.2 Å². The first-order chi connectivity index (χ1) is 13.2. The molecule has 1 N–H and O–H groups in total. The van der Waals surface area contributed by atoms with E-state index >= 15 is 0 Å². The van der Waals surface area contributed by atoms with E-state index in [2.05, 4.69) is 34.0 Å². The summed E-state index contributed by atoms with van der Waals surface area (Å²) in [5, 5.41) is 6.21. The van der Waals surface area contributed by atoms with Crippen molar-refractivity contribution in [2.24, 2.45) is 5.92 Å². The molecule has 4 rings (SSSR count). The lowest BCUT2D eigenvalue weighted by Gasteiger charge is -2.23. The summed E-state index contributed by atoms with van der Waals surface area (Å²) in [4.78, 5) is 27.3. The van der Waals surface area contributed by atoms with Crippen LogP contribution in [-0.4, -0.2) is 29.0 Å². The lowest BCUT2D eigenvalue weighted by molar-refractivity contribution is -0.119. The van der Waals surface area contributed by atoms with Gasteiger partial charge in [0.2, 0.25) is 5.91 Å². The highest BCUT2D eigenvalue weighted by Crippen LogP contribution is 2.40. The first-order valence-electron chi connectivity index (χ1n) is 9.45. The molecule has 27 heavy (non-hydrogen) atoms. The molecule has 0 fully saturated rings. The molecule has 1 atom stereocenters. The summed E-state index contributed by atoms with van der Waals surface area (Å²) < 4.78 is 0. The molecule has 1 aliphatic rings. The number of rotatable bonds is 6. The minimum Gasteiger partial charge on any atom is -0.350 e. The van der Waals surface area contributed by atoms with E-state index in [1.165, 1.54) is 16.9 Å². The third-order valence-corrected chi connectivity index (χ3v) is 7.17. The quantitative estimate of drug-likeness (QED) is 0.679. The van der Waals surface area contributed by atoms with Crippen LogP contribution in [0.3, 0.4) is 0 Å². The van der Waals surface area contributed by atoms with Gasteiger partial charge in [-0.3, -0.25) is 4.79 Å². The van der Waals surface area contributed by atoms with E-state index in [-0.39, 0.29) is 5.91 Å². The summed E-state index contributed by atoms with van der Waals surface area (Å²) in [6.45, 7) is 6.02. The second kappa shape index (κ2) is 7.94. The number of hydrogen-bond donors (Lipinski definition) is 1. The zero-order chi connectivity index (χ0) is 18.8. The second-order valence-corrected chi connectivity index (χ2v) is 9.22. The number of amides is 1. The fourth-order valence-electron chi connectivity index (χ4n) is 3.66. The maximum atomic E-state index is 12.5. The monoisotopic (exact) mass is 400 g/mol. The van der Waals surface area contributed by atoms with Crippen LogP contribution in [-0.2, 0) is 24.2 Å². The number of nitrogens with zero attached hydrogens (tertiary/aromatic N) is 3. The summed E-state index contributed by atoms with van der Waals surface area (Å²) in [5.41, 5.74) is 1.40. The number of nitrogens with one attached hydrogen (secondary N) is 1. The van der Waals surface area contributed by atoms with Crippen LogP contribution in [0.4, 0.5) is 5.82 Å². The SMILES string of the molecule is CCN(CC(=O)NCc1cccs1)c1ncnc2sc3c(c12)CC[C@H](C)C3. The minimum absolute atomic E-state index is 0.0229. The smallest absolute Gasteiger partial charge is 0.239 e. The van der Waals surface area contributed by atoms with Crippen LogP contribution < -0.4 is 10.2 Å². The van der Waals surface area contributed by atoms with Gasteiger partial charge in [0.05, 0.1) is 18.5 Å². The van der Waals surface area contributed by atoms with Crippen molar-refractivity contribution in [3.8, 4) is 0 Å². The fourth-order valence-corrected chi connectivity index (χ4v) is 5.65. The number of fused-ring (bicyclic) bond motifs is 3. The van der Waals surface area contributed by atoms with Gasteiger partial charge in [0.25, 0.3) is 0 Å². The molecule has 0 radical (unpaired) electrons. The average molecular weight is 401 g/mol. The minimum atomic E-state index is 0.0229. The van der Waals surface area contributed by atoms with Crippen molar-refractivity contribution in [2.45, 2.75) is 39.7 Å². The van der Waals surface area contributed by atoms with Gasteiger partial charge in [0.1, 0.15) is 17.0 Å². The van der Waals surface area contributed by atoms with Crippen LogP contribution >= 0.6 is 22.7 Å². The highest BCUT2D eigenvalue weighted by Gasteiger charge is 2.25. The van der Waals surface area contributed by atoms with E-state index in [1.807, 2.05) is 17.5 Å². The Bertz CT molecular complexity index is 935. The molecule has 7 heteroatoms. The topological polar surface area (TPSA) is 58.1 Å². The van der Waals surface area contributed by atoms with Gasteiger partial charge >= 0.3 is 0 Å².